The molecule has 5 nitrogen and oxygen atoms in total. The third-order valence-corrected chi connectivity index (χ3v) is 4.20. The average Bonchev–Trinajstić information content (AvgIpc) is 2.62. The molecule has 1 unspecified atom stereocenters. The van der Waals surface area contributed by atoms with E-state index in [4.69, 9.17) is 4.74 Å². The Morgan fingerprint density at radius 3 is 2.76 bits per heavy atom. The average molecular weight is 332 g/mol. The van der Waals surface area contributed by atoms with Gasteiger partial charge in [0.05, 0.1) is 5.69 Å². The fourth-order valence-corrected chi connectivity index (χ4v) is 2.91. The number of rotatable bonds is 2. The van der Waals surface area contributed by atoms with Crippen LogP contribution in [0.5, 0.6) is 5.75 Å². The molecule has 0 aromatic heterocycles. The van der Waals surface area contributed by atoms with Crippen molar-refractivity contribution >= 4 is 34.0 Å². The maximum absolute atomic E-state index is 12.7. The van der Waals surface area contributed by atoms with Gasteiger partial charge in [0.2, 0.25) is 0 Å². The number of nitrogens with one attached hydrogen (secondary N) is 2. The zero-order valence-electron chi connectivity index (χ0n) is 13.6. The second-order valence-corrected chi connectivity index (χ2v) is 5.94. The van der Waals surface area contributed by atoms with Crippen molar-refractivity contribution in [3.63, 3.8) is 0 Å². The molecule has 1 aliphatic rings. The third-order valence-electron chi connectivity index (χ3n) is 4.20. The maximum atomic E-state index is 12.7. The second kappa shape index (κ2) is 5.94. The quantitative estimate of drug-likeness (QED) is 0.750. The summed E-state index contributed by atoms with van der Waals surface area (Å²) in [5.74, 6) is 0.188. The lowest BCUT2D eigenvalue weighted by molar-refractivity contribution is -0.122. The van der Waals surface area contributed by atoms with Crippen molar-refractivity contribution in [3.8, 4) is 5.75 Å². The van der Waals surface area contributed by atoms with Crippen molar-refractivity contribution < 1.29 is 14.3 Å². The molecule has 0 radical (unpaired) electrons. The lowest BCUT2D eigenvalue weighted by atomic mass is 10.0. The van der Waals surface area contributed by atoms with Gasteiger partial charge in [-0.05, 0) is 42.0 Å². The Hall–Kier alpha value is -3.34. The highest BCUT2D eigenvalue weighted by Gasteiger charge is 2.23. The van der Waals surface area contributed by atoms with E-state index in [0.29, 0.717) is 22.7 Å². The summed E-state index contributed by atoms with van der Waals surface area (Å²) in [5.41, 5.74) is 1.75. The van der Waals surface area contributed by atoms with E-state index in [2.05, 4.69) is 10.6 Å². The van der Waals surface area contributed by atoms with Gasteiger partial charge in [0.25, 0.3) is 11.8 Å². The zero-order chi connectivity index (χ0) is 17.4. The van der Waals surface area contributed by atoms with E-state index in [-0.39, 0.29) is 11.8 Å². The summed E-state index contributed by atoms with van der Waals surface area (Å²) in [6.45, 7) is 1.69. The number of fused-ring (bicyclic) bond motifs is 2. The summed E-state index contributed by atoms with van der Waals surface area (Å²) in [6, 6.07) is 18.6. The van der Waals surface area contributed by atoms with Crippen LogP contribution >= 0.6 is 0 Å². The highest BCUT2D eigenvalue weighted by Crippen LogP contribution is 2.32. The topological polar surface area (TPSA) is 67.4 Å². The van der Waals surface area contributed by atoms with E-state index in [1.807, 2.05) is 36.4 Å². The van der Waals surface area contributed by atoms with Gasteiger partial charge in [0, 0.05) is 11.3 Å². The van der Waals surface area contributed by atoms with Crippen LogP contribution in [0.3, 0.4) is 0 Å². The monoisotopic (exact) mass is 332 g/mol. The molecule has 0 bridgehead atoms. The molecule has 25 heavy (non-hydrogen) atoms. The molecule has 4 rings (SSSR count). The van der Waals surface area contributed by atoms with Crippen LogP contribution in [0, 0.1) is 0 Å². The smallest absolute Gasteiger partial charge is 0.265 e. The zero-order valence-corrected chi connectivity index (χ0v) is 13.6. The number of benzene rings is 3. The van der Waals surface area contributed by atoms with Crippen molar-refractivity contribution in [1.29, 1.82) is 0 Å². The molecule has 0 saturated carbocycles. The fraction of sp³-hybridized carbons (Fsp3) is 0.100. The van der Waals surface area contributed by atoms with Gasteiger partial charge in [0.15, 0.2) is 6.10 Å². The molecular weight excluding hydrogens is 316 g/mol. The normalized spacial score (nSPS) is 15.9. The van der Waals surface area contributed by atoms with E-state index in [9.17, 15) is 9.59 Å². The molecule has 5 heteroatoms. The summed E-state index contributed by atoms with van der Waals surface area (Å²) >= 11 is 0. The Balaban J connectivity index is 1.63. The first-order valence-electron chi connectivity index (χ1n) is 8.02. The van der Waals surface area contributed by atoms with Gasteiger partial charge in [-0.1, -0.05) is 36.4 Å². The number of hydrogen-bond donors (Lipinski definition) is 2. The molecule has 1 atom stereocenters. The number of amides is 2. The largest absolute Gasteiger partial charge is 0.479 e. The third kappa shape index (κ3) is 2.80. The molecule has 0 spiro atoms. The van der Waals surface area contributed by atoms with Crippen LogP contribution in [-0.2, 0) is 4.79 Å². The van der Waals surface area contributed by atoms with Gasteiger partial charge in [-0.25, -0.2) is 0 Å². The summed E-state index contributed by atoms with van der Waals surface area (Å²) in [5, 5.41) is 7.56. The van der Waals surface area contributed by atoms with Crippen LogP contribution in [0.1, 0.15) is 17.3 Å². The molecule has 2 N–H and O–H groups in total. The van der Waals surface area contributed by atoms with E-state index < -0.39 is 6.10 Å². The van der Waals surface area contributed by atoms with Gasteiger partial charge >= 0.3 is 0 Å². The van der Waals surface area contributed by atoms with E-state index >= 15 is 0 Å². The van der Waals surface area contributed by atoms with E-state index in [0.717, 1.165) is 10.8 Å². The van der Waals surface area contributed by atoms with Crippen molar-refractivity contribution in [2.45, 2.75) is 13.0 Å². The predicted octanol–water partition coefficient (Wildman–Crippen LogP) is 3.81. The Labute approximate surface area is 144 Å². The molecule has 3 aromatic carbocycles. The Bertz CT molecular complexity index is 992. The number of carbonyl (C=O) groups is 2. The molecule has 1 heterocycles. The van der Waals surface area contributed by atoms with Crippen LogP contribution in [0.4, 0.5) is 11.4 Å². The molecule has 0 aliphatic carbocycles. The Morgan fingerprint density at radius 2 is 1.88 bits per heavy atom. The molecule has 0 fully saturated rings. The lowest BCUT2D eigenvalue weighted by Gasteiger charge is -2.23. The summed E-state index contributed by atoms with van der Waals surface area (Å²) < 4.78 is 5.52. The van der Waals surface area contributed by atoms with Gasteiger partial charge < -0.3 is 15.4 Å². The summed E-state index contributed by atoms with van der Waals surface area (Å²) in [4.78, 5) is 24.4. The molecule has 124 valence electrons. The van der Waals surface area contributed by atoms with Gasteiger partial charge in [-0.2, -0.15) is 0 Å². The summed E-state index contributed by atoms with van der Waals surface area (Å²) in [6.07, 6.45) is -0.524. The first-order chi connectivity index (χ1) is 12.1. The first-order valence-corrected chi connectivity index (χ1v) is 8.02. The van der Waals surface area contributed by atoms with Crippen LogP contribution in [0.2, 0.25) is 0 Å². The predicted molar refractivity (Wildman–Crippen MR) is 97.1 cm³/mol. The molecule has 2 amide bonds. The molecule has 1 aliphatic heterocycles. The first kappa shape index (κ1) is 15.2. The van der Waals surface area contributed by atoms with E-state index in [1.54, 1.807) is 31.2 Å². The molecule has 0 saturated heterocycles. The Kier molecular flexibility index (Phi) is 3.61. The minimum absolute atomic E-state index is 0.201. The van der Waals surface area contributed by atoms with Crippen LogP contribution in [0.15, 0.2) is 60.7 Å². The van der Waals surface area contributed by atoms with E-state index in [1.165, 1.54) is 0 Å². The fourth-order valence-electron chi connectivity index (χ4n) is 2.91. The van der Waals surface area contributed by atoms with Crippen LogP contribution in [-0.4, -0.2) is 17.9 Å². The number of hydrogen-bond acceptors (Lipinski definition) is 3. The minimum Gasteiger partial charge on any atom is -0.479 e. The SMILES string of the molecule is CC1Oc2ccc(NC(=O)c3cccc4ccccc34)cc2NC1=O. The lowest BCUT2D eigenvalue weighted by Crippen LogP contribution is -2.34. The van der Waals surface area contributed by atoms with Crippen molar-refractivity contribution in [1.82, 2.24) is 0 Å². The van der Waals surface area contributed by atoms with Crippen LogP contribution < -0.4 is 15.4 Å². The Morgan fingerprint density at radius 1 is 1.08 bits per heavy atom. The number of ether oxygens (including phenoxy) is 1. The molecular formula is C20H16N2O3. The summed E-state index contributed by atoms with van der Waals surface area (Å²) in [7, 11) is 0. The van der Waals surface area contributed by atoms with Crippen LogP contribution in [0.25, 0.3) is 10.8 Å². The highest BCUT2D eigenvalue weighted by molar-refractivity contribution is 6.13. The van der Waals surface area contributed by atoms with Gasteiger partial charge in [0.1, 0.15) is 5.75 Å². The van der Waals surface area contributed by atoms with Crippen molar-refractivity contribution in [3.05, 3.63) is 66.2 Å². The maximum Gasteiger partial charge on any atom is 0.265 e. The standard InChI is InChI=1S/C20H16N2O3/c1-12-19(23)22-17-11-14(9-10-18(17)25-12)21-20(24)16-8-4-6-13-5-2-3-7-15(13)16/h2-12H,1H3,(H,21,24)(H,22,23). The van der Waals surface area contributed by atoms with Crippen molar-refractivity contribution in [2.75, 3.05) is 10.6 Å². The van der Waals surface area contributed by atoms with Gasteiger partial charge in [-0.15, -0.1) is 0 Å². The number of carbonyl (C=O) groups excluding carboxylic acids is 2. The highest BCUT2D eigenvalue weighted by atomic mass is 16.5. The number of anilines is 2. The van der Waals surface area contributed by atoms with Gasteiger partial charge in [-0.3, -0.25) is 9.59 Å². The van der Waals surface area contributed by atoms with Crippen molar-refractivity contribution in [2.24, 2.45) is 0 Å². The minimum atomic E-state index is -0.524. The molecule has 3 aromatic rings. The second-order valence-electron chi connectivity index (χ2n) is 5.94.